The number of benzene rings is 3. The molecule has 4 aromatic rings. The number of imidazole rings is 1. The Morgan fingerprint density at radius 1 is 0.903 bits per heavy atom. The second kappa shape index (κ2) is 9.34. The molecule has 0 saturated heterocycles. The van der Waals surface area contributed by atoms with Gasteiger partial charge in [-0.25, -0.2) is 4.79 Å². The molecule has 0 atom stereocenters. The number of rotatable bonds is 8. The van der Waals surface area contributed by atoms with Crippen LogP contribution in [0.4, 0.5) is 11.4 Å². The number of hydrogen-bond donors (Lipinski definition) is 4. The minimum atomic E-state index is -0.207. The predicted octanol–water partition coefficient (Wildman–Crippen LogP) is 4.74. The number of amides is 1. The van der Waals surface area contributed by atoms with E-state index in [0.29, 0.717) is 13.0 Å². The Labute approximate surface area is 180 Å². The van der Waals surface area contributed by atoms with E-state index >= 15 is 0 Å². The third-order valence-electron chi connectivity index (χ3n) is 5.38. The molecule has 0 bridgehead atoms. The number of aromatic nitrogens is 2. The highest BCUT2D eigenvalue weighted by molar-refractivity contribution is 5.94. The van der Waals surface area contributed by atoms with E-state index < -0.39 is 0 Å². The van der Waals surface area contributed by atoms with Gasteiger partial charge in [0.15, 0.2) is 0 Å². The Kier molecular flexibility index (Phi) is 6.17. The molecule has 4 rings (SSSR count). The Balaban J connectivity index is 1.31. The predicted molar refractivity (Wildman–Crippen MR) is 125 cm³/mol. The Morgan fingerprint density at radius 3 is 2.48 bits per heavy atom. The maximum atomic E-state index is 12.5. The summed E-state index contributed by atoms with van der Waals surface area (Å²) in [6.45, 7) is 2.79. The number of aryl methyl sites for hydroxylation is 2. The highest BCUT2D eigenvalue weighted by Crippen LogP contribution is 2.23. The van der Waals surface area contributed by atoms with Gasteiger partial charge in [-0.2, -0.15) is 0 Å². The average molecular weight is 415 g/mol. The fourth-order valence-corrected chi connectivity index (χ4v) is 3.65. The van der Waals surface area contributed by atoms with Crippen LogP contribution in [-0.4, -0.2) is 15.9 Å². The first-order chi connectivity index (χ1) is 15.1. The summed E-state index contributed by atoms with van der Waals surface area (Å²) < 4.78 is 0. The molecule has 0 radical (unpaired) electrons. The molecule has 158 valence electrons. The fraction of sp³-hybridized carbons (Fsp3) is 0.200. The molecule has 0 aliphatic carbocycles. The topological polar surface area (TPSA) is 89.8 Å². The van der Waals surface area contributed by atoms with Crippen molar-refractivity contribution in [2.24, 2.45) is 0 Å². The van der Waals surface area contributed by atoms with Gasteiger partial charge in [-0.1, -0.05) is 42.5 Å². The van der Waals surface area contributed by atoms with Crippen molar-refractivity contribution in [2.45, 2.75) is 32.7 Å². The van der Waals surface area contributed by atoms with Crippen LogP contribution in [0.3, 0.4) is 0 Å². The van der Waals surface area contributed by atoms with Gasteiger partial charge in [-0.15, -0.1) is 0 Å². The van der Waals surface area contributed by atoms with Crippen molar-refractivity contribution in [1.82, 2.24) is 9.97 Å². The molecule has 6 nitrogen and oxygen atoms in total. The lowest BCUT2D eigenvalue weighted by atomic mass is 10.1. The van der Waals surface area contributed by atoms with E-state index in [4.69, 9.17) is 0 Å². The quantitative estimate of drug-likeness (QED) is 0.336. The first-order valence-electron chi connectivity index (χ1n) is 10.5. The van der Waals surface area contributed by atoms with Crippen molar-refractivity contribution >= 4 is 28.3 Å². The maximum Gasteiger partial charge on any atom is 0.323 e. The molecular weight excluding hydrogens is 388 g/mol. The molecule has 0 aliphatic rings. The standard InChI is InChI=1S/C25H26N4O2/c1-17-7-2-3-9-19(17)16-26-20-10-4-5-11-21(20)27-24(30)12-6-8-18-13-14-22-23(15-18)29-25(31)28-22/h2-5,7,9-11,13-15,26H,6,8,12,16H2,1H3,(H,27,30)(H2,28,29,31). The van der Waals surface area contributed by atoms with E-state index in [1.807, 2.05) is 54.6 Å². The molecule has 0 spiro atoms. The summed E-state index contributed by atoms with van der Waals surface area (Å²) in [7, 11) is 0. The number of carbonyl (C=O) groups excluding carboxylic acids is 1. The van der Waals surface area contributed by atoms with Crippen LogP contribution in [0.2, 0.25) is 0 Å². The Morgan fingerprint density at radius 2 is 1.65 bits per heavy atom. The van der Waals surface area contributed by atoms with Crippen LogP contribution in [-0.2, 0) is 17.8 Å². The minimum Gasteiger partial charge on any atom is -0.379 e. The second-order valence-corrected chi connectivity index (χ2v) is 7.69. The van der Waals surface area contributed by atoms with Gasteiger partial charge in [0, 0.05) is 13.0 Å². The molecule has 3 aromatic carbocycles. The summed E-state index contributed by atoms with van der Waals surface area (Å²) in [6.07, 6.45) is 1.92. The van der Waals surface area contributed by atoms with Crippen LogP contribution in [0.1, 0.15) is 29.5 Å². The van der Waals surface area contributed by atoms with E-state index in [2.05, 4.69) is 39.7 Å². The van der Waals surface area contributed by atoms with Crippen molar-refractivity contribution in [3.05, 3.63) is 93.9 Å². The molecule has 1 amide bonds. The zero-order valence-corrected chi connectivity index (χ0v) is 17.5. The van der Waals surface area contributed by atoms with Gasteiger partial charge in [-0.3, -0.25) is 4.79 Å². The van der Waals surface area contributed by atoms with Crippen molar-refractivity contribution in [1.29, 1.82) is 0 Å². The lowest BCUT2D eigenvalue weighted by molar-refractivity contribution is -0.116. The smallest absolute Gasteiger partial charge is 0.323 e. The fourth-order valence-electron chi connectivity index (χ4n) is 3.65. The number of nitrogens with one attached hydrogen (secondary N) is 4. The van der Waals surface area contributed by atoms with E-state index in [9.17, 15) is 9.59 Å². The normalized spacial score (nSPS) is 10.9. The van der Waals surface area contributed by atoms with Gasteiger partial charge < -0.3 is 20.6 Å². The first kappa shape index (κ1) is 20.5. The van der Waals surface area contributed by atoms with Gasteiger partial charge in [0.1, 0.15) is 0 Å². The molecule has 0 fully saturated rings. The highest BCUT2D eigenvalue weighted by atomic mass is 16.1. The lowest BCUT2D eigenvalue weighted by Crippen LogP contribution is -2.13. The molecule has 1 heterocycles. The van der Waals surface area contributed by atoms with E-state index in [1.165, 1.54) is 11.1 Å². The summed E-state index contributed by atoms with van der Waals surface area (Å²) in [4.78, 5) is 29.4. The zero-order valence-electron chi connectivity index (χ0n) is 17.5. The van der Waals surface area contributed by atoms with Gasteiger partial charge >= 0.3 is 5.69 Å². The third-order valence-corrected chi connectivity index (χ3v) is 5.38. The number of H-pyrrole nitrogens is 2. The highest BCUT2D eigenvalue weighted by Gasteiger charge is 2.08. The van der Waals surface area contributed by atoms with Crippen LogP contribution in [0.25, 0.3) is 11.0 Å². The van der Waals surface area contributed by atoms with Gasteiger partial charge in [0.05, 0.1) is 22.4 Å². The van der Waals surface area contributed by atoms with Gasteiger partial charge in [0.25, 0.3) is 0 Å². The molecule has 0 aliphatic heterocycles. The molecule has 0 saturated carbocycles. The average Bonchev–Trinajstić information content (AvgIpc) is 3.13. The molecular formula is C25H26N4O2. The number of aromatic amines is 2. The van der Waals surface area contributed by atoms with Crippen molar-refractivity contribution in [3.8, 4) is 0 Å². The van der Waals surface area contributed by atoms with E-state index in [1.54, 1.807) is 0 Å². The molecule has 6 heteroatoms. The SMILES string of the molecule is Cc1ccccc1CNc1ccccc1NC(=O)CCCc1ccc2[nH]c(=O)[nH]c2c1. The molecule has 1 aromatic heterocycles. The molecule has 31 heavy (non-hydrogen) atoms. The van der Waals surface area contributed by atoms with Crippen molar-refractivity contribution < 1.29 is 4.79 Å². The third kappa shape index (κ3) is 5.22. The summed E-state index contributed by atoms with van der Waals surface area (Å²) in [6, 6.07) is 21.8. The number of carbonyl (C=O) groups is 1. The monoisotopic (exact) mass is 414 g/mol. The largest absolute Gasteiger partial charge is 0.379 e. The summed E-state index contributed by atoms with van der Waals surface area (Å²) in [5.74, 6) is -0.0127. The number of para-hydroxylation sites is 2. The van der Waals surface area contributed by atoms with Crippen LogP contribution in [0.15, 0.2) is 71.5 Å². The first-order valence-corrected chi connectivity index (χ1v) is 10.5. The molecule has 0 unspecified atom stereocenters. The van der Waals surface area contributed by atoms with E-state index in [-0.39, 0.29) is 11.6 Å². The summed E-state index contributed by atoms with van der Waals surface area (Å²) in [5, 5.41) is 6.46. The second-order valence-electron chi connectivity index (χ2n) is 7.69. The van der Waals surface area contributed by atoms with Gasteiger partial charge in [0.2, 0.25) is 5.91 Å². The van der Waals surface area contributed by atoms with Crippen LogP contribution < -0.4 is 16.3 Å². The Bertz CT molecular complexity index is 1260. The van der Waals surface area contributed by atoms with Crippen molar-refractivity contribution in [2.75, 3.05) is 10.6 Å². The number of anilines is 2. The summed E-state index contributed by atoms with van der Waals surface area (Å²) in [5.41, 5.74) is 6.62. The zero-order chi connectivity index (χ0) is 21.6. The van der Waals surface area contributed by atoms with E-state index in [0.717, 1.165) is 40.8 Å². The van der Waals surface area contributed by atoms with Crippen LogP contribution in [0.5, 0.6) is 0 Å². The Hall–Kier alpha value is -3.80. The number of fused-ring (bicyclic) bond motifs is 1. The number of hydrogen-bond acceptors (Lipinski definition) is 3. The van der Waals surface area contributed by atoms with Crippen molar-refractivity contribution in [3.63, 3.8) is 0 Å². The van der Waals surface area contributed by atoms with Crippen LogP contribution in [0, 0.1) is 6.92 Å². The minimum absolute atomic E-state index is 0.0127. The van der Waals surface area contributed by atoms with Gasteiger partial charge in [-0.05, 0) is 60.7 Å². The lowest BCUT2D eigenvalue weighted by Gasteiger charge is -2.14. The molecule has 4 N–H and O–H groups in total. The van der Waals surface area contributed by atoms with Crippen LogP contribution >= 0.6 is 0 Å². The maximum absolute atomic E-state index is 12.5. The summed E-state index contributed by atoms with van der Waals surface area (Å²) >= 11 is 0.